The minimum Gasteiger partial charge on any atom is -0.467 e. The van der Waals surface area contributed by atoms with Crippen LogP contribution in [0.5, 0.6) is 0 Å². The van der Waals surface area contributed by atoms with Crippen molar-refractivity contribution in [3.8, 4) is 0 Å². The van der Waals surface area contributed by atoms with Gasteiger partial charge in [0.1, 0.15) is 5.76 Å². The van der Waals surface area contributed by atoms with E-state index >= 15 is 0 Å². The molecule has 0 radical (unpaired) electrons. The molecule has 1 N–H and O–H groups in total. The maximum absolute atomic E-state index is 12.1. The third kappa shape index (κ3) is 5.57. The van der Waals surface area contributed by atoms with Crippen LogP contribution in [0.1, 0.15) is 5.76 Å². The Morgan fingerprint density at radius 1 is 1.39 bits per heavy atom. The summed E-state index contributed by atoms with van der Waals surface area (Å²) < 4.78 is 5.98. The van der Waals surface area contributed by atoms with E-state index < -0.39 is 0 Å². The zero-order chi connectivity index (χ0) is 16.5. The molecule has 1 amide bonds. The van der Waals surface area contributed by atoms with E-state index in [9.17, 15) is 4.79 Å². The number of hydrogen-bond acceptors (Lipinski definition) is 7. The summed E-state index contributed by atoms with van der Waals surface area (Å²) in [6.07, 6.45) is 5.03. The summed E-state index contributed by atoms with van der Waals surface area (Å²) in [5.41, 5.74) is 0. The number of aromatic nitrogens is 2. The molecular weight excluding hydrogens is 332 g/mol. The van der Waals surface area contributed by atoms with E-state index in [0.29, 0.717) is 30.5 Å². The second-order valence-electron chi connectivity index (χ2n) is 4.47. The highest BCUT2D eigenvalue weighted by Gasteiger charge is 2.13. The number of furan rings is 1. The maximum atomic E-state index is 12.1. The van der Waals surface area contributed by atoms with Gasteiger partial charge in [-0.1, -0.05) is 35.3 Å². The molecule has 2 aromatic rings. The molecule has 2 rings (SSSR count). The molecule has 8 heteroatoms. The lowest BCUT2D eigenvalue weighted by atomic mass is 10.4. The molecule has 0 saturated carbocycles. The van der Waals surface area contributed by atoms with Gasteiger partial charge in [0, 0.05) is 13.1 Å². The van der Waals surface area contributed by atoms with Crippen molar-refractivity contribution in [2.45, 2.75) is 10.9 Å². The molecule has 0 aliphatic rings. The van der Waals surface area contributed by atoms with E-state index in [1.54, 1.807) is 23.3 Å². The van der Waals surface area contributed by atoms with Crippen LogP contribution >= 0.6 is 23.1 Å². The molecule has 0 bridgehead atoms. The topological polar surface area (TPSA) is 71.3 Å². The Morgan fingerprint density at radius 2 is 2.17 bits per heavy atom. The first-order valence-corrected chi connectivity index (χ1v) is 8.75. The Bertz CT molecular complexity index is 630. The standard InChI is InChI=1S/C15H18N4O2S2/c1-3-7-19(8-4-2)13(20)11-22-15-18-17-14(23-15)16-10-12-6-5-9-21-12/h3-6,9H,1-2,7-8,10-11H2,(H,16,17). The smallest absolute Gasteiger partial charge is 0.233 e. The number of amides is 1. The van der Waals surface area contributed by atoms with Gasteiger partial charge in [-0.3, -0.25) is 4.79 Å². The van der Waals surface area contributed by atoms with Crippen LogP contribution in [0.25, 0.3) is 0 Å². The molecule has 0 unspecified atom stereocenters. The number of anilines is 1. The predicted molar refractivity (Wildman–Crippen MR) is 93.6 cm³/mol. The summed E-state index contributed by atoms with van der Waals surface area (Å²) in [6.45, 7) is 8.89. The average molecular weight is 350 g/mol. The van der Waals surface area contributed by atoms with E-state index in [2.05, 4.69) is 28.7 Å². The van der Waals surface area contributed by atoms with E-state index in [-0.39, 0.29) is 5.91 Å². The van der Waals surface area contributed by atoms with Gasteiger partial charge < -0.3 is 14.6 Å². The van der Waals surface area contributed by atoms with Crippen molar-refractivity contribution in [3.05, 3.63) is 49.5 Å². The summed E-state index contributed by atoms with van der Waals surface area (Å²) in [7, 11) is 0. The molecule has 6 nitrogen and oxygen atoms in total. The maximum Gasteiger partial charge on any atom is 0.233 e. The molecule has 2 aromatic heterocycles. The first kappa shape index (κ1) is 17.3. The molecule has 0 spiro atoms. The fourth-order valence-corrected chi connectivity index (χ4v) is 3.37. The molecule has 0 saturated heterocycles. The highest BCUT2D eigenvalue weighted by Crippen LogP contribution is 2.26. The predicted octanol–water partition coefficient (Wildman–Crippen LogP) is 3.04. The first-order valence-electron chi connectivity index (χ1n) is 6.95. The van der Waals surface area contributed by atoms with Crippen LogP contribution in [0.15, 0.2) is 52.5 Å². The second kappa shape index (κ2) is 9.16. The van der Waals surface area contributed by atoms with Gasteiger partial charge in [-0.15, -0.1) is 23.4 Å². The highest BCUT2D eigenvalue weighted by atomic mass is 32.2. The molecule has 0 aromatic carbocycles. The normalized spacial score (nSPS) is 10.3. The van der Waals surface area contributed by atoms with Gasteiger partial charge in [0.25, 0.3) is 0 Å². The van der Waals surface area contributed by atoms with Gasteiger partial charge in [0.15, 0.2) is 4.34 Å². The summed E-state index contributed by atoms with van der Waals surface area (Å²) in [6, 6.07) is 3.72. The van der Waals surface area contributed by atoms with Gasteiger partial charge >= 0.3 is 0 Å². The average Bonchev–Trinajstić information content (AvgIpc) is 3.22. The number of rotatable bonds is 10. The SMILES string of the molecule is C=CCN(CC=C)C(=O)CSc1nnc(NCc2ccco2)s1. The van der Waals surface area contributed by atoms with Crippen LogP contribution in [0, 0.1) is 0 Å². The largest absolute Gasteiger partial charge is 0.467 e. The Morgan fingerprint density at radius 3 is 2.83 bits per heavy atom. The van der Waals surface area contributed by atoms with Gasteiger partial charge in [0.2, 0.25) is 11.0 Å². The fourth-order valence-electron chi connectivity index (χ4n) is 1.72. The Labute approximate surface area is 143 Å². The van der Waals surface area contributed by atoms with Crippen LogP contribution in [0.3, 0.4) is 0 Å². The molecule has 0 aliphatic heterocycles. The van der Waals surface area contributed by atoms with Crippen molar-refractivity contribution in [1.29, 1.82) is 0 Å². The summed E-state index contributed by atoms with van der Waals surface area (Å²) >= 11 is 2.79. The summed E-state index contributed by atoms with van der Waals surface area (Å²) in [4.78, 5) is 13.8. The molecule has 2 heterocycles. The number of carbonyl (C=O) groups is 1. The van der Waals surface area contributed by atoms with Crippen molar-refractivity contribution in [3.63, 3.8) is 0 Å². The van der Waals surface area contributed by atoms with Crippen molar-refractivity contribution < 1.29 is 9.21 Å². The minimum atomic E-state index is 0.0232. The lowest BCUT2D eigenvalue weighted by Gasteiger charge is -2.18. The molecule has 23 heavy (non-hydrogen) atoms. The monoisotopic (exact) mass is 350 g/mol. The molecule has 0 atom stereocenters. The van der Waals surface area contributed by atoms with Gasteiger partial charge in [-0.05, 0) is 12.1 Å². The van der Waals surface area contributed by atoms with Gasteiger partial charge in [-0.25, -0.2) is 0 Å². The van der Waals surface area contributed by atoms with Crippen LogP contribution in [0.4, 0.5) is 5.13 Å². The van der Waals surface area contributed by atoms with Crippen molar-refractivity contribution in [1.82, 2.24) is 15.1 Å². The fraction of sp³-hybridized carbons (Fsp3) is 0.267. The van der Waals surface area contributed by atoms with Crippen molar-refractivity contribution >= 4 is 34.1 Å². The molecule has 122 valence electrons. The van der Waals surface area contributed by atoms with Crippen molar-refractivity contribution in [2.75, 3.05) is 24.2 Å². The minimum absolute atomic E-state index is 0.0232. The second-order valence-corrected chi connectivity index (χ2v) is 6.67. The number of carbonyl (C=O) groups excluding carboxylic acids is 1. The molecule has 0 fully saturated rings. The van der Waals surface area contributed by atoms with Crippen LogP contribution < -0.4 is 5.32 Å². The van der Waals surface area contributed by atoms with Crippen LogP contribution in [-0.2, 0) is 11.3 Å². The molecule has 0 aliphatic carbocycles. The van der Waals surface area contributed by atoms with Crippen LogP contribution in [-0.4, -0.2) is 39.8 Å². The lowest BCUT2D eigenvalue weighted by molar-refractivity contribution is -0.127. The number of thioether (sulfide) groups is 1. The van der Waals surface area contributed by atoms with Gasteiger partial charge in [-0.2, -0.15) is 0 Å². The van der Waals surface area contributed by atoms with Crippen molar-refractivity contribution in [2.24, 2.45) is 0 Å². The summed E-state index contributed by atoms with van der Waals surface area (Å²) in [5.74, 6) is 1.17. The number of nitrogens with zero attached hydrogens (tertiary/aromatic N) is 3. The van der Waals surface area contributed by atoms with E-state index in [0.717, 1.165) is 10.1 Å². The third-order valence-corrected chi connectivity index (χ3v) is 4.77. The van der Waals surface area contributed by atoms with E-state index in [4.69, 9.17) is 4.42 Å². The van der Waals surface area contributed by atoms with E-state index in [1.807, 2.05) is 12.1 Å². The Balaban J connectivity index is 1.80. The van der Waals surface area contributed by atoms with Crippen LogP contribution in [0.2, 0.25) is 0 Å². The zero-order valence-electron chi connectivity index (χ0n) is 12.6. The van der Waals surface area contributed by atoms with E-state index in [1.165, 1.54) is 23.1 Å². The lowest BCUT2D eigenvalue weighted by Crippen LogP contribution is -2.32. The number of nitrogens with one attached hydrogen (secondary N) is 1. The Kier molecular flexibility index (Phi) is 6.89. The quantitative estimate of drug-likeness (QED) is 0.524. The third-order valence-electron chi connectivity index (χ3n) is 2.77. The zero-order valence-corrected chi connectivity index (χ0v) is 14.2. The molecular formula is C15H18N4O2S2. The first-order chi connectivity index (χ1) is 11.2. The summed E-state index contributed by atoms with van der Waals surface area (Å²) in [5, 5.41) is 11.9. The number of hydrogen-bond donors (Lipinski definition) is 1. The highest BCUT2D eigenvalue weighted by molar-refractivity contribution is 8.01. The Hall–Kier alpha value is -2.06. The van der Waals surface area contributed by atoms with Gasteiger partial charge in [0.05, 0.1) is 18.6 Å².